The van der Waals surface area contributed by atoms with Crippen molar-refractivity contribution in [1.29, 1.82) is 0 Å². The lowest BCUT2D eigenvalue weighted by Crippen LogP contribution is -2.34. The Morgan fingerprint density at radius 3 is 2.67 bits per heavy atom. The highest BCUT2D eigenvalue weighted by molar-refractivity contribution is 5.95. The predicted octanol–water partition coefficient (Wildman–Crippen LogP) is 3.94. The molecule has 1 aliphatic carbocycles. The summed E-state index contributed by atoms with van der Waals surface area (Å²) in [5.74, 6) is 0.445. The summed E-state index contributed by atoms with van der Waals surface area (Å²) in [5.41, 5.74) is 0.406. The molecule has 1 fully saturated rings. The Hall–Kier alpha value is -1.65. The number of nitrogens with zero attached hydrogens (tertiary/aromatic N) is 1. The van der Waals surface area contributed by atoms with Crippen molar-refractivity contribution in [3.63, 3.8) is 0 Å². The summed E-state index contributed by atoms with van der Waals surface area (Å²) in [6.45, 7) is 2.07. The van der Waals surface area contributed by atoms with Gasteiger partial charge in [-0.25, -0.2) is 0 Å². The second-order valence-electron chi connectivity index (χ2n) is 5.82. The number of ether oxygens (including phenoxy) is 1. The minimum atomic E-state index is -2.88. The molecule has 0 bridgehead atoms. The molecule has 0 heterocycles. The van der Waals surface area contributed by atoms with Gasteiger partial charge in [-0.3, -0.25) is 4.79 Å². The Labute approximate surface area is 123 Å². The fraction of sp³-hybridized carbons (Fsp3) is 0.562. The SMILES string of the molecule is CC(C)CCN(C(=O)c1cccc(OC(F)F)c1)C1CC1. The second-order valence-corrected chi connectivity index (χ2v) is 5.82. The smallest absolute Gasteiger partial charge is 0.387 e. The third-order valence-electron chi connectivity index (χ3n) is 3.50. The number of carbonyl (C=O) groups is 1. The Morgan fingerprint density at radius 1 is 1.38 bits per heavy atom. The van der Waals surface area contributed by atoms with Crippen molar-refractivity contribution in [2.75, 3.05) is 6.54 Å². The van der Waals surface area contributed by atoms with Crippen molar-refractivity contribution in [2.45, 2.75) is 45.8 Å². The van der Waals surface area contributed by atoms with Crippen LogP contribution in [0.2, 0.25) is 0 Å². The summed E-state index contributed by atoms with van der Waals surface area (Å²) in [6.07, 6.45) is 2.99. The maximum absolute atomic E-state index is 12.6. The summed E-state index contributed by atoms with van der Waals surface area (Å²) >= 11 is 0. The molecule has 0 radical (unpaired) electrons. The van der Waals surface area contributed by atoms with E-state index >= 15 is 0 Å². The van der Waals surface area contributed by atoms with Crippen molar-refractivity contribution in [3.8, 4) is 5.75 Å². The van der Waals surface area contributed by atoms with Crippen LogP contribution in [0.25, 0.3) is 0 Å². The number of hydrogen-bond donors (Lipinski definition) is 0. The predicted molar refractivity (Wildman–Crippen MR) is 76.6 cm³/mol. The van der Waals surface area contributed by atoms with E-state index in [9.17, 15) is 13.6 Å². The van der Waals surface area contributed by atoms with E-state index in [-0.39, 0.29) is 11.7 Å². The molecule has 21 heavy (non-hydrogen) atoms. The molecule has 2 rings (SSSR count). The van der Waals surface area contributed by atoms with Crippen LogP contribution in [0.15, 0.2) is 24.3 Å². The molecule has 0 aromatic heterocycles. The fourth-order valence-corrected chi connectivity index (χ4v) is 2.20. The van der Waals surface area contributed by atoms with Crippen molar-refractivity contribution in [3.05, 3.63) is 29.8 Å². The van der Waals surface area contributed by atoms with E-state index in [4.69, 9.17) is 0 Å². The van der Waals surface area contributed by atoms with E-state index in [0.717, 1.165) is 19.3 Å². The first-order valence-electron chi connectivity index (χ1n) is 7.33. The van der Waals surface area contributed by atoms with Gasteiger partial charge in [0, 0.05) is 18.2 Å². The van der Waals surface area contributed by atoms with E-state index in [1.807, 2.05) is 4.90 Å². The molecule has 0 atom stereocenters. The van der Waals surface area contributed by atoms with E-state index in [1.165, 1.54) is 12.1 Å². The van der Waals surface area contributed by atoms with E-state index in [2.05, 4.69) is 18.6 Å². The van der Waals surface area contributed by atoms with Crippen LogP contribution in [0.5, 0.6) is 5.75 Å². The van der Waals surface area contributed by atoms with Gasteiger partial charge in [-0.1, -0.05) is 19.9 Å². The minimum Gasteiger partial charge on any atom is -0.435 e. The van der Waals surface area contributed by atoms with Crippen molar-refractivity contribution >= 4 is 5.91 Å². The van der Waals surface area contributed by atoms with Gasteiger partial charge in [0.1, 0.15) is 5.75 Å². The summed E-state index contributed by atoms with van der Waals surface area (Å²) in [6, 6.07) is 6.33. The standard InChI is InChI=1S/C16H21F2NO2/c1-11(2)8-9-19(13-6-7-13)15(20)12-4-3-5-14(10-12)21-16(17)18/h3-5,10-11,13,16H,6-9H2,1-2H3. The number of hydrogen-bond acceptors (Lipinski definition) is 2. The molecule has 0 N–H and O–H groups in total. The van der Waals surface area contributed by atoms with Crippen molar-refractivity contribution in [2.24, 2.45) is 5.92 Å². The fourth-order valence-electron chi connectivity index (χ4n) is 2.20. The number of alkyl halides is 2. The lowest BCUT2D eigenvalue weighted by atomic mass is 10.1. The number of halogens is 2. The Bertz CT molecular complexity index is 487. The maximum Gasteiger partial charge on any atom is 0.387 e. The van der Waals surface area contributed by atoms with Crippen LogP contribution in [0.4, 0.5) is 8.78 Å². The molecular weight excluding hydrogens is 276 g/mol. The average molecular weight is 297 g/mol. The molecule has 0 aliphatic heterocycles. The molecule has 1 amide bonds. The monoisotopic (exact) mass is 297 g/mol. The molecule has 5 heteroatoms. The quantitative estimate of drug-likeness (QED) is 0.763. The zero-order chi connectivity index (χ0) is 15.4. The van der Waals surface area contributed by atoms with Gasteiger partial charge in [0.05, 0.1) is 0 Å². The van der Waals surface area contributed by atoms with Crippen LogP contribution in [0.3, 0.4) is 0 Å². The first kappa shape index (κ1) is 15.7. The summed E-state index contributed by atoms with van der Waals surface area (Å²) in [7, 11) is 0. The zero-order valence-electron chi connectivity index (χ0n) is 12.4. The molecule has 1 aromatic carbocycles. The largest absolute Gasteiger partial charge is 0.435 e. The maximum atomic E-state index is 12.6. The Kier molecular flexibility index (Phi) is 5.15. The molecular formula is C16H21F2NO2. The van der Waals surface area contributed by atoms with Gasteiger partial charge in [-0.15, -0.1) is 0 Å². The topological polar surface area (TPSA) is 29.5 Å². The lowest BCUT2D eigenvalue weighted by Gasteiger charge is -2.23. The third kappa shape index (κ3) is 4.69. The van der Waals surface area contributed by atoms with Crippen LogP contribution in [-0.2, 0) is 0 Å². The van der Waals surface area contributed by atoms with Crippen LogP contribution in [0.1, 0.15) is 43.5 Å². The minimum absolute atomic E-state index is 0.0236. The van der Waals surface area contributed by atoms with Gasteiger partial charge in [0.15, 0.2) is 0 Å². The third-order valence-corrected chi connectivity index (χ3v) is 3.50. The summed E-state index contributed by atoms with van der Waals surface area (Å²) in [4.78, 5) is 14.4. The number of amides is 1. The molecule has 0 unspecified atom stereocenters. The molecule has 0 spiro atoms. The average Bonchev–Trinajstić information content (AvgIpc) is 3.22. The van der Waals surface area contributed by atoms with Gasteiger partial charge < -0.3 is 9.64 Å². The highest BCUT2D eigenvalue weighted by atomic mass is 19.3. The molecule has 3 nitrogen and oxygen atoms in total. The molecule has 1 saturated carbocycles. The van der Waals surface area contributed by atoms with Crippen molar-refractivity contribution < 1.29 is 18.3 Å². The van der Waals surface area contributed by atoms with Crippen LogP contribution in [0, 0.1) is 5.92 Å². The van der Waals surface area contributed by atoms with Crippen LogP contribution < -0.4 is 4.74 Å². The highest BCUT2D eigenvalue weighted by Gasteiger charge is 2.32. The highest BCUT2D eigenvalue weighted by Crippen LogP contribution is 2.29. The second kappa shape index (κ2) is 6.87. The summed E-state index contributed by atoms with van der Waals surface area (Å²) in [5, 5.41) is 0. The Balaban J connectivity index is 2.09. The summed E-state index contributed by atoms with van der Waals surface area (Å²) < 4.78 is 28.8. The molecule has 1 aliphatic rings. The van der Waals surface area contributed by atoms with Crippen LogP contribution >= 0.6 is 0 Å². The first-order chi connectivity index (χ1) is 9.97. The van der Waals surface area contributed by atoms with Crippen LogP contribution in [-0.4, -0.2) is 30.0 Å². The molecule has 1 aromatic rings. The normalized spacial score (nSPS) is 14.6. The van der Waals surface area contributed by atoms with Gasteiger partial charge in [0.25, 0.3) is 5.91 Å². The number of rotatable bonds is 7. The van der Waals surface area contributed by atoms with Gasteiger partial charge in [-0.2, -0.15) is 8.78 Å². The number of carbonyl (C=O) groups excluding carboxylic acids is 1. The van der Waals surface area contributed by atoms with E-state index in [1.54, 1.807) is 12.1 Å². The Morgan fingerprint density at radius 2 is 2.10 bits per heavy atom. The van der Waals surface area contributed by atoms with Gasteiger partial charge >= 0.3 is 6.61 Å². The van der Waals surface area contributed by atoms with E-state index < -0.39 is 6.61 Å². The molecule has 116 valence electrons. The van der Waals surface area contributed by atoms with E-state index in [0.29, 0.717) is 24.1 Å². The van der Waals surface area contributed by atoms with Crippen molar-refractivity contribution in [1.82, 2.24) is 4.90 Å². The number of benzene rings is 1. The zero-order valence-corrected chi connectivity index (χ0v) is 12.4. The van der Waals surface area contributed by atoms with Gasteiger partial charge in [-0.05, 0) is 43.4 Å². The first-order valence-corrected chi connectivity index (χ1v) is 7.33. The lowest BCUT2D eigenvalue weighted by molar-refractivity contribution is -0.0499. The molecule has 0 saturated heterocycles. The van der Waals surface area contributed by atoms with Gasteiger partial charge in [0.2, 0.25) is 0 Å².